The van der Waals surface area contributed by atoms with Gasteiger partial charge in [-0.3, -0.25) is 0 Å². The van der Waals surface area contributed by atoms with Gasteiger partial charge in [0.25, 0.3) is 0 Å². The van der Waals surface area contributed by atoms with Crippen molar-refractivity contribution in [2.75, 3.05) is 19.5 Å². The molecule has 0 spiro atoms. The SMILES string of the molecule is CCOC(C)Cn1c(N)nc2cc(F)c(OC)cc21. The molecule has 1 atom stereocenters. The number of anilines is 1. The van der Waals surface area contributed by atoms with Crippen molar-refractivity contribution in [2.45, 2.75) is 26.5 Å². The van der Waals surface area contributed by atoms with Gasteiger partial charge >= 0.3 is 0 Å². The maximum Gasteiger partial charge on any atom is 0.201 e. The molecule has 1 unspecified atom stereocenters. The van der Waals surface area contributed by atoms with Gasteiger partial charge in [-0.05, 0) is 13.8 Å². The topological polar surface area (TPSA) is 62.3 Å². The van der Waals surface area contributed by atoms with Gasteiger partial charge in [-0.2, -0.15) is 0 Å². The molecule has 5 nitrogen and oxygen atoms in total. The first kappa shape index (κ1) is 13.6. The van der Waals surface area contributed by atoms with Gasteiger partial charge in [-0.15, -0.1) is 0 Å². The minimum absolute atomic E-state index is 0.000693. The first-order valence-corrected chi connectivity index (χ1v) is 6.17. The summed E-state index contributed by atoms with van der Waals surface area (Å²) in [5, 5.41) is 0. The van der Waals surface area contributed by atoms with Gasteiger partial charge in [-0.1, -0.05) is 0 Å². The molecule has 0 saturated carbocycles. The van der Waals surface area contributed by atoms with Crippen LogP contribution in [0.15, 0.2) is 12.1 Å². The third-order valence-corrected chi connectivity index (χ3v) is 2.94. The van der Waals surface area contributed by atoms with Crippen molar-refractivity contribution in [2.24, 2.45) is 0 Å². The molecule has 0 amide bonds. The van der Waals surface area contributed by atoms with Crippen LogP contribution >= 0.6 is 0 Å². The van der Waals surface area contributed by atoms with Crippen LogP contribution in [0, 0.1) is 5.82 Å². The molecule has 0 radical (unpaired) electrons. The number of nitrogen functional groups attached to an aromatic ring is 1. The number of rotatable bonds is 5. The lowest BCUT2D eigenvalue weighted by atomic mass is 10.2. The van der Waals surface area contributed by atoms with Crippen LogP contribution in [0.4, 0.5) is 10.3 Å². The number of imidazole rings is 1. The lowest BCUT2D eigenvalue weighted by Crippen LogP contribution is -2.17. The lowest BCUT2D eigenvalue weighted by Gasteiger charge is -2.14. The van der Waals surface area contributed by atoms with Gasteiger partial charge in [0.15, 0.2) is 11.6 Å². The highest BCUT2D eigenvalue weighted by Crippen LogP contribution is 2.26. The fourth-order valence-electron chi connectivity index (χ4n) is 2.09. The number of halogens is 1. The molecule has 1 aromatic heterocycles. The molecule has 2 rings (SSSR count). The molecule has 2 N–H and O–H groups in total. The summed E-state index contributed by atoms with van der Waals surface area (Å²) in [6.45, 7) is 5.08. The van der Waals surface area contributed by atoms with Crippen LogP contribution < -0.4 is 10.5 Å². The number of ether oxygens (including phenoxy) is 2. The van der Waals surface area contributed by atoms with E-state index in [-0.39, 0.29) is 11.9 Å². The van der Waals surface area contributed by atoms with Crippen LogP contribution in [0.2, 0.25) is 0 Å². The zero-order chi connectivity index (χ0) is 14.0. The predicted octanol–water partition coefficient (Wildman–Crippen LogP) is 2.19. The Morgan fingerprint density at radius 2 is 2.21 bits per heavy atom. The number of hydrogen-bond donors (Lipinski definition) is 1. The maximum atomic E-state index is 13.6. The van der Waals surface area contributed by atoms with Crippen molar-refractivity contribution in [1.29, 1.82) is 0 Å². The summed E-state index contributed by atoms with van der Waals surface area (Å²) in [5.74, 6) is 0.0735. The summed E-state index contributed by atoms with van der Waals surface area (Å²) in [6.07, 6.45) is 0.000693. The van der Waals surface area contributed by atoms with Gasteiger partial charge in [-0.25, -0.2) is 9.37 Å². The molecule has 0 saturated heterocycles. The van der Waals surface area contributed by atoms with Gasteiger partial charge in [0, 0.05) is 18.7 Å². The third-order valence-electron chi connectivity index (χ3n) is 2.94. The first-order valence-electron chi connectivity index (χ1n) is 6.17. The van der Waals surface area contributed by atoms with Crippen molar-refractivity contribution in [1.82, 2.24) is 9.55 Å². The van der Waals surface area contributed by atoms with E-state index < -0.39 is 5.82 Å². The Morgan fingerprint density at radius 3 is 2.84 bits per heavy atom. The number of methoxy groups -OCH3 is 1. The summed E-state index contributed by atoms with van der Waals surface area (Å²) in [7, 11) is 1.43. The number of aromatic nitrogens is 2. The highest BCUT2D eigenvalue weighted by molar-refractivity contribution is 5.80. The van der Waals surface area contributed by atoms with E-state index in [1.165, 1.54) is 13.2 Å². The number of nitrogens with zero attached hydrogens (tertiary/aromatic N) is 2. The Morgan fingerprint density at radius 1 is 1.47 bits per heavy atom. The van der Waals surface area contributed by atoms with Crippen molar-refractivity contribution >= 4 is 17.0 Å². The molecular formula is C13H18FN3O2. The van der Waals surface area contributed by atoms with Crippen LogP contribution in [-0.2, 0) is 11.3 Å². The molecule has 0 bridgehead atoms. The molecule has 1 heterocycles. The summed E-state index contributed by atoms with van der Waals surface area (Å²) in [5.41, 5.74) is 7.12. The highest BCUT2D eigenvalue weighted by atomic mass is 19.1. The minimum atomic E-state index is -0.447. The molecule has 6 heteroatoms. The van der Waals surface area contributed by atoms with E-state index in [0.29, 0.717) is 24.6 Å². The standard InChI is InChI=1S/C13H18FN3O2/c1-4-19-8(2)7-17-11-6-12(18-3)9(14)5-10(11)16-13(17)15/h5-6,8H,4,7H2,1-3H3,(H2,15,16). The largest absolute Gasteiger partial charge is 0.494 e. The van der Waals surface area contributed by atoms with E-state index in [2.05, 4.69) is 4.98 Å². The molecule has 1 aromatic carbocycles. The summed E-state index contributed by atoms with van der Waals surface area (Å²) in [4.78, 5) is 4.15. The van der Waals surface area contributed by atoms with Crippen LogP contribution in [0.5, 0.6) is 5.75 Å². The van der Waals surface area contributed by atoms with E-state index in [9.17, 15) is 4.39 Å². The fraction of sp³-hybridized carbons (Fsp3) is 0.462. The zero-order valence-corrected chi connectivity index (χ0v) is 11.3. The zero-order valence-electron chi connectivity index (χ0n) is 11.3. The average molecular weight is 267 g/mol. The first-order chi connectivity index (χ1) is 9.06. The van der Waals surface area contributed by atoms with Crippen molar-refractivity contribution < 1.29 is 13.9 Å². The molecule has 2 aromatic rings. The lowest BCUT2D eigenvalue weighted by molar-refractivity contribution is 0.0652. The van der Waals surface area contributed by atoms with Crippen LogP contribution in [0.3, 0.4) is 0 Å². The van der Waals surface area contributed by atoms with Crippen LogP contribution in [-0.4, -0.2) is 29.4 Å². The average Bonchev–Trinajstić information content (AvgIpc) is 2.64. The Labute approximate surface area is 111 Å². The van der Waals surface area contributed by atoms with E-state index in [1.54, 1.807) is 10.6 Å². The monoisotopic (exact) mass is 267 g/mol. The Hall–Kier alpha value is -1.82. The summed E-state index contributed by atoms with van der Waals surface area (Å²) in [6, 6.07) is 2.93. The van der Waals surface area contributed by atoms with Gasteiger partial charge in [0.1, 0.15) is 0 Å². The second-order valence-electron chi connectivity index (χ2n) is 4.32. The molecule has 0 aliphatic heterocycles. The van der Waals surface area contributed by atoms with Crippen molar-refractivity contribution in [3.63, 3.8) is 0 Å². The quantitative estimate of drug-likeness (QED) is 0.902. The number of nitrogens with two attached hydrogens (primary N) is 1. The number of fused-ring (bicyclic) bond motifs is 1. The number of hydrogen-bond acceptors (Lipinski definition) is 4. The van der Waals surface area contributed by atoms with E-state index in [4.69, 9.17) is 15.2 Å². The molecule has 0 fully saturated rings. The molecule has 0 aliphatic carbocycles. The molecule has 104 valence electrons. The second-order valence-corrected chi connectivity index (χ2v) is 4.32. The van der Waals surface area contributed by atoms with E-state index >= 15 is 0 Å². The third kappa shape index (κ3) is 2.63. The Bertz CT molecular complexity index is 583. The van der Waals surface area contributed by atoms with E-state index in [1.807, 2.05) is 13.8 Å². The maximum absolute atomic E-state index is 13.6. The molecule has 0 aliphatic rings. The fourth-order valence-corrected chi connectivity index (χ4v) is 2.09. The van der Waals surface area contributed by atoms with E-state index in [0.717, 1.165) is 5.52 Å². The smallest absolute Gasteiger partial charge is 0.201 e. The van der Waals surface area contributed by atoms with Crippen molar-refractivity contribution in [3.8, 4) is 5.75 Å². The second kappa shape index (κ2) is 5.44. The summed E-state index contributed by atoms with van der Waals surface area (Å²) < 4.78 is 25.9. The van der Waals surface area contributed by atoms with Gasteiger partial charge < -0.3 is 19.8 Å². The Kier molecular flexibility index (Phi) is 3.90. The predicted molar refractivity (Wildman–Crippen MR) is 71.7 cm³/mol. The van der Waals surface area contributed by atoms with Crippen LogP contribution in [0.25, 0.3) is 11.0 Å². The molecular weight excluding hydrogens is 249 g/mol. The van der Waals surface area contributed by atoms with Crippen LogP contribution in [0.1, 0.15) is 13.8 Å². The normalized spacial score (nSPS) is 12.8. The number of benzene rings is 1. The minimum Gasteiger partial charge on any atom is -0.494 e. The van der Waals surface area contributed by atoms with Gasteiger partial charge in [0.05, 0.1) is 30.8 Å². The highest BCUT2D eigenvalue weighted by Gasteiger charge is 2.14. The van der Waals surface area contributed by atoms with Gasteiger partial charge in [0.2, 0.25) is 5.95 Å². The molecule has 19 heavy (non-hydrogen) atoms. The Balaban J connectivity index is 2.45. The summed E-state index contributed by atoms with van der Waals surface area (Å²) >= 11 is 0. The van der Waals surface area contributed by atoms with Crippen molar-refractivity contribution in [3.05, 3.63) is 17.9 Å².